The zero-order valence-corrected chi connectivity index (χ0v) is 12.3. The van der Waals surface area contributed by atoms with Gasteiger partial charge in [-0.1, -0.05) is 0 Å². The Labute approximate surface area is 110 Å². The maximum Gasteiger partial charge on any atom is 0.0644 e. The summed E-state index contributed by atoms with van der Waals surface area (Å²) in [6.07, 6.45) is 2.62. The molecule has 4 heteroatoms. The van der Waals surface area contributed by atoms with E-state index in [4.69, 9.17) is 0 Å². The fourth-order valence-electron chi connectivity index (χ4n) is 3.03. The average molecular weight is 250 g/mol. The van der Waals surface area contributed by atoms with E-state index < -0.39 is 0 Å². The summed E-state index contributed by atoms with van der Waals surface area (Å²) in [7, 11) is 4.24. The lowest BCUT2D eigenvalue weighted by atomic mass is 10.0. The molecule has 0 spiro atoms. The first-order valence-electron chi connectivity index (χ1n) is 6.94. The maximum absolute atomic E-state index is 4.52. The molecule has 1 N–H and O–H groups in total. The fourth-order valence-corrected chi connectivity index (χ4v) is 3.03. The van der Waals surface area contributed by atoms with Gasteiger partial charge in [0.25, 0.3) is 0 Å². The highest BCUT2D eigenvalue weighted by atomic mass is 15.3. The Hall–Kier alpha value is -0.870. The van der Waals surface area contributed by atoms with Gasteiger partial charge < -0.3 is 5.32 Å². The van der Waals surface area contributed by atoms with Crippen LogP contribution in [-0.2, 0) is 7.05 Å². The summed E-state index contributed by atoms with van der Waals surface area (Å²) in [6.45, 7) is 8.85. The lowest BCUT2D eigenvalue weighted by Crippen LogP contribution is -2.36. The Morgan fingerprint density at radius 3 is 2.72 bits per heavy atom. The molecule has 18 heavy (non-hydrogen) atoms. The number of hydrogen-bond donors (Lipinski definition) is 1. The van der Waals surface area contributed by atoms with Crippen LogP contribution < -0.4 is 5.32 Å². The van der Waals surface area contributed by atoms with Gasteiger partial charge in [0.05, 0.1) is 5.69 Å². The Morgan fingerprint density at radius 2 is 2.22 bits per heavy atom. The van der Waals surface area contributed by atoms with Crippen LogP contribution in [0.2, 0.25) is 0 Å². The number of aromatic nitrogens is 2. The first-order valence-corrected chi connectivity index (χ1v) is 6.94. The number of likely N-dealkylation sites (N-methyl/N-ethyl adjacent to an activating group) is 1. The molecule has 102 valence electrons. The standard InChI is InChI=1S/C14H26N4/c1-10-14(12(3)18(5)16-10)11(2)17(4)9-13-7-6-8-15-13/h11,13,15H,6-9H2,1-5H3. The summed E-state index contributed by atoms with van der Waals surface area (Å²) >= 11 is 0. The highest BCUT2D eigenvalue weighted by molar-refractivity contribution is 5.27. The normalized spacial score (nSPS) is 21.8. The zero-order chi connectivity index (χ0) is 13.3. The molecule has 0 aliphatic carbocycles. The molecular weight excluding hydrogens is 224 g/mol. The van der Waals surface area contributed by atoms with Crippen LogP contribution in [0.15, 0.2) is 0 Å². The molecular formula is C14H26N4. The number of rotatable bonds is 4. The van der Waals surface area contributed by atoms with Gasteiger partial charge in [0.1, 0.15) is 0 Å². The van der Waals surface area contributed by atoms with Crippen molar-refractivity contribution >= 4 is 0 Å². The molecule has 1 saturated heterocycles. The van der Waals surface area contributed by atoms with Gasteiger partial charge in [-0.05, 0) is 47.2 Å². The Morgan fingerprint density at radius 1 is 1.50 bits per heavy atom. The SMILES string of the molecule is Cc1nn(C)c(C)c1C(C)N(C)CC1CCCN1. The third-order valence-electron chi connectivity index (χ3n) is 4.31. The van der Waals surface area contributed by atoms with Crippen molar-refractivity contribution in [2.45, 2.75) is 45.7 Å². The molecule has 1 aromatic rings. The minimum absolute atomic E-state index is 0.432. The van der Waals surface area contributed by atoms with Gasteiger partial charge in [0.2, 0.25) is 0 Å². The first kappa shape index (κ1) is 13.6. The molecule has 0 saturated carbocycles. The highest BCUT2D eigenvalue weighted by Gasteiger charge is 2.23. The molecule has 0 amide bonds. The van der Waals surface area contributed by atoms with Gasteiger partial charge >= 0.3 is 0 Å². The fraction of sp³-hybridized carbons (Fsp3) is 0.786. The predicted molar refractivity (Wildman–Crippen MR) is 74.8 cm³/mol. The quantitative estimate of drug-likeness (QED) is 0.884. The lowest BCUT2D eigenvalue weighted by molar-refractivity contribution is 0.237. The number of nitrogens with one attached hydrogen (secondary N) is 1. The van der Waals surface area contributed by atoms with Crippen molar-refractivity contribution < 1.29 is 0 Å². The van der Waals surface area contributed by atoms with Crippen molar-refractivity contribution in [3.63, 3.8) is 0 Å². The van der Waals surface area contributed by atoms with Crippen LogP contribution in [0.25, 0.3) is 0 Å². The summed E-state index contributed by atoms with van der Waals surface area (Å²) in [4.78, 5) is 2.44. The van der Waals surface area contributed by atoms with Crippen LogP contribution in [0.1, 0.15) is 42.8 Å². The second kappa shape index (κ2) is 5.41. The van der Waals surface area contributed by atoms with E-state index in [-0.39, 0.29) is 0 Å². The summed E-state index contributed by atoms with van der Waals surface area (Å²) in [5.74, 6) is 0. The highest BCUT2D eigenvalue weighted by Crippen LogP contribution is 2.25. The summed E-state index contributed by atoms with van der Waals surface area (Å²) in [5, 5.41) is 8.09. The van der Waals surface area contributed by atoms with Gasteiger partial charge in [0.15, 0.2) is 0 Å². The van der Waals surface area contributed by atoms with E-state index in [0.717, 1.165) is 12.2 Å². The van der Waals surface area contributed by atoms with Gasteiger partial charge in [-0.3, -0.25) is 9.58 Å². The van der Waals surface area contributed by atoms with Crippen LogP contribution in [0.3, 0.4) is 0 Å². The molecule has 2 heterocycles. The number of nitrogens with zero attached hydrogens (tertiary/aromatic N) is 3. The van der Waals surface area contributed by atoms with Crippen LogP contribution in [0.5, 0.6) is 0 Å². The summed E-state index contributed by atoms with van der Waals surface area (Å²) in [6, 6.07) is 1.09. The van der Waals surface area contributed by atoms with Gasteiger partial charge in [-0.25, -0.2) is 0 Å². The van der Waals surface area contributed by atoms with Crippen molar-refractivity contribution in [1.29, 1.82) is 0 Å². The van der Waals surface area contributed by atoms with E-state index in [1.54, 1.807) is 0 Å². The molecule has 2 unspecified atom stereocenters. The third-order valence-corrected chi connectivity index (χ3v) is 4.31. The van der Waals surface area contributed by atoms with E-state index in [0.29, 0.717) is 12.1 Å². The van der Waals surface area contributed by atoms with Crippen molar-refractivity contribution in [3.8, 4) is 0 Å². The van der Waals surface area contributed by atoms with Crippen molar-refractivity contribution in [1.82, 2.24) is 20.0 Å². The maximum atomic E-state index is 4.52. The molecule has 1 fully saturated rings. The van der Waals surface area contributed by atoms with Crippen LogP contribution in [-0.4, -0.2) is 40.9 Å². The molecule has 2 rings (SSSR count). The summed E-state index contributed by atoms with van der Waals surface area (Å²) in [5.41, 5.74) is 3.83. The molecule has 1 aliphatic rings. The van der Waals surface area contributed by atoms with E-state index in [1.165, 1.54) is 30.6 Å². The Balaban J connectivity index is 2.07. The second-order valence-electron chi connectivity index (χ2n) is 5.62. The van der Waals surface area contributed by atoms with Gasteiger partial charge in [0, 0.05) is 36.9 Å². The predicted octanol–water partition coefficient (Wildman–Crippen LogP) is 1.78. The monoisotopic (exact) mass is 250 g/mol. The molecule has 4 nitrogen and oxygen atoms in total. The molecule has 1 aliphatic heterocycles. The smallest absolute Gasteiger partial charge is 0.0644 e. The van der Waals surface area contributed by atoms with Crippen molar-refractivity contribution in [3.05, 3.63) is 17.0 Å². The minimum atomic E-state index is 0.432. The number of aryl methyl sites for hydroxylation is 2. The molecule has 2 atom stereocenters. The van der Waals surface area contributed by atoms with Crippen LogP contribution in [0.4, 0.5) is 0 Å². The van der Waals surface area contributed by atoms with Crippen LogP contribution >= 0.6 is 0 Å². The lowest BCUT2D eigenvalue weighted by Gasteiger charge is -2.28. The largest absolute Gasteiger partial charge is 0.313 e. The zero-order valence-electron chi connectivity index (χ0n) is 12.3. The minimum Gasteiger partial charge on any atom is -0.313 e. The van der Waals surface area contributed by atoms with E-state index in [9.17, 15) is 0 Å². The Bertz CT molecular complexity index is 404. The second-order valence-corrected chi connectivity index (χ2v) is 5.62. The molecule has 1 aromatic heterocycles. The van der Waals surface area contributed by atoms with E-state index in [2.05, 4.69) is 43.1 Å². The van der Waals surface area contributed by atoms with E-state index in [1.807, 2.05) is 11.7 Å². The van der Waals surface area contributed by atoms with Gasteiger partial charge in [-0.15, -0.1) is 0 Å². The van der Waals surface area contributed by atoms with Crippen molar-refractivity contribution in [2.75, 3.05) is 20.1 Å². The summed E-state index contributed by atoms with van der Waals surface area (Å²) < 4.78 is 1.99. The molecule has 0 aromatic carbocycles. The molecule has 0 radical (unpaired) electrons. The number of hydrogen-bond acceptors (Lipinski definition) is 3. The average Bonchev–Trinajstić information content (AvgIpc) is 2.88. The van der Waals surface area contributed by atoms with E-state index >= 15 is 0 Å². The Kier molecular flexibility index (Phi) is 4.07. The van der Waals surface area contributed by atoms with Gasteiger partial charge in [-0.2, -0.15) is 5.10 Å². The topological polar surface area (TPSA) is 33.1 Å². The third kappa shape index (κ3) is 2.59. The molecule has 0 bridgehead atoms. The van der Waals surface area contributed by atoms with Crippen LogP contribution in [0, 0.1) is 13.8 Å². The first-order chi connectivity index (χ1) is 8.50. The van der Waals surface area contributed by atoms with Crippen molar-refractivity contribution in [2.24, 2.45) is 7.05 Å².